The first-order valence-electron chi connectivity index (χ1n) is 4.29. The molecule has 1 heterocycles. The monoisotopic (exact) mass is 203 g/mol. The van der Waals surface area contributed by atoms with Crippen LogP contribution < -0.4 is 0 Å². The number of carbonyl (C=O) groups excluding carboxylic acids is 2. The van der Waals surface area contributed by atoms with Crippen molar-refractivity contribution in [1.29, 1.82) is 0 Å². The third-order valence-corrected chi connectivity index (χ3v) is 1.77. The van der Waals surface area contributed by atoms with E-state index in [2.05, 4.69) is 4.84 Å². The zero-order chi connectivity index (χ0) is 10.7. The van der Waals surface area contributed by atoms with E-state index in [0.29, 0.717) is 0 Å². The molecule has 0 amide bonds. The lowest BCUT2D eigenvalue weighted by molar-refractivity contribution is -0.218. The van der Waals surface area contributed by atoms with E-state index in [9.17, 15) is 14.7 Å². The quantitative estimate of drug-likeness (QED) is 0.605. The number of rotatable bonds is 2. The fraction of sp³-hybridized carbons (Fsp3) is 0.750. The van der Waals surface area contributed by atoms with Gasteiger partial charge in [0.05, 0.1) is 6.54 Å². The molecule has 14 heavy (non-hydrogen) atoms. The molecular formula is C8H13NO5. The summed E-state index contributed by atoms with van der Waals surface area (Å²) in [5.41, 5.74) is 0. The largest absolute Gasteiger partial charge is 0.461 e. The van der Waals surface area contributed by atoms with Crippen molar-refractivity contribution in [2.45, 2.75) is 32.6 Å². The van der Waals surface area contributed by atoms with Crippen LogP contribution in [-0.2, 0) is 19.2 Å². The Balaban J connectivity index is 2.42. The van der Waals surface area contributed by atoms with Gasteiger partial charge < -0.3 is 14.7 Å². The van der Waals surface area contributed by atoms with E-state index in [1.165, 1.54) is 13.8 Å². The summed E-state index contributed by atoms with van der Waals surface area (Å²) in [6.07, 6.45) is -1.06. The first-order chi connectivity index (χ1) is 6.49. The van der Waals surface area contributed by atoms with Crippen LogP contribution in [0.1, 0.15) is 20.3 Å². The van der Waals surface area contributed by atoms with Gasteiger partial charge in [-0.25, -0.2) is 0 Å². The highest BCUT2D eigenvalue weighted by Gasteiger charge is 2.34. The standard InChI is InChI=1S/C8H13NO5/c1-5(10)13-7-3-8(12)9(4-7)14-6(2)11/h7-8,12H,3-4H2,1-2H3/t7-,8-/m1/s1. The lowest BCUT2D eigenvalue weighted by atomic mass is 10.3. The maximum absolute atomic E-state index is 10.6. The number of carbonyl (C=O) groups is 2. The van der Waals surface area contributed by atoms with Crippen molar-refractivity contribution in [1.82, 2.24) is 5.06 Å². The highest BCUT2D eigenvalue weighted by atomic mass is 16.7. The van der Waals surface area contributed by atoms with Crippen LogP contribution in [0.3, 0.4) is 0 Å². The van der Waals surface area contributed by atoms with Crippen LogP contribution >= 0.6 is 0 Å². The molecule has 2 atom stereocenters. The molecule has 0 aromatic carbocycles. The van der Waals surface area contributed by atoms with Crippen molar-refractivity contribution in [2.75, 3.05) is 6.54 Å². The second-order valence-electron chi connectivity index (χ2n) is 3.13. The van der Waals surface area contributed by atoms with Gasteiger partial charge in [0.1, 0.15) is 12.3 Å². The molecule has 1 N–H and O–H groups in total. The molecule has 0 saturated carbocycles. The van der Waals surface area contributed by atoms with E-state index in [4.69, 9.17) is 4.74 Å². The summed E-state index contributed by atoms with van der Waals surface area (Å²) in [5, 5.41) is 10.5. The number of hydroxylamine groups is 2. The Morgan fingerprint density at radius 2 is 2.00 bits per heavy atom. The number of aliphatic hydroxyl groups excluding tert-OH is 1. The molecule has 6 nitrogen and oxygen atoms in total. The minimum atomic E-state index is -0.900. The Kier molecular flexibility index (Phi) is 3.43. The van der Waals surface area contributed by atoms with Crippen molar-refractivity contribution < 1.29 is 24.3 Å². The summed E-state index contributed by atoms with van der Waals surface area (Å²) in [5.74, 6) is -0.917. The minimum absolute atomic E-state index is 0.209. The van der Waals surface area contributed by atoms with E-state index in [-0.39, 0.29) is 13.0 Å². The van der Waals surface area contributed by atoms with Gasteiger partial charge in [-0.1, -0.05) is 0 Å². The Hall–Kier alpha value is -1.14. The van der Waals surface area contributed by atoms with Gasteiger partial charge in [-0.05, 0) is 0 Å². The predicted molar refractivity (Wildman–Crippen MR) is 44.6 cm³/mol. The number of hydrogen-bond acceptors (Lipinski definition) is 6. The van der Waals surface area contributed by atoms with Gasteiger partial charge in [-0.2, -0.15) is 0 Å². The zero-order valence-corrected chi connectivity index (χ0v) is 8.10. The molecule has 1 saturated heterocycles. The third-order valence-electron chi connectivity index (χ3n) is 1.77. The molecule has 1 rings (SSSR count). The van der Waals surface area contributed by atoms with Gasteiger partial charge in [0.25, 0.3) is 0 Å². The number of ether oxygens (including phenoxy) is 1. The second kappa shape index (κ2) is 4.39. The molecule has 0 radical (unpaired) electrons. The Morgan fingerprint density at radius 3 is 2.50 bits per heavy atom. The maximum atomic E-state index is 10.6. The van der Waals surface area contributed by atoms with Crippen LogP contribution in [0.5, 0.6) is 0 Å². The van der Waals surface area contributed by atoms with Crippen LogP contribution in [0, 0.1) is 0 Å². The van der Waals surface area contributed by atoms with Crippen LogP contribution in [0.25, 0.3) is 0 Å². The van der Waals surface area contributed by atoms with Crippen molar-refractivity contribution in [3.8, 4) is 0 Å². The van der Waals surface area contributed by atoms with Crippen molar-refractivity contribution in [3.05, 3.63) is 0 Å². The third kappa shape index (κ3) is 2.97. The van der Waals surface area contributed by atoms with Crippen molar-refractivity contribution in [3.63, 3.8) is 0 Å². The second-order valence-corrected chi connectivity index (χ2v) is 3.13. The molecule has 0 bridgehead atoms. The van der Waals surface area contributed by atoms with Crippen molar-refractivity contribution >= 4 is 11.9 Å². The lowest BCUT2D eigenvalue weighted by Crippen LogP contribution is -2.31. The van der Waals surface area contributed by atoms with E-state index in [1.807, 2.05) is 0 Å². The highest BCUT2D eigenvalue weighted by Crippen LogP contribution is 2.18. The van der Waals surface area contributed by atoms with Crippen LogP contribution in [0.2, 0.25) is 0 Å². The molecular weight excluding hydrogens is 190 g/mol. The molecule has 0 aromatic rings. The average molecular weight is 203 g/mol. The lowest BCUT2D eigenvalue weighted by Gasteiger charge is -2.16. The van der Waals surface area contributed by atoms with Gasteiger partial charge >= 0.3 is 11.9 Å². The zero-order valence-electron chi connectivity index (χ0n) is 8.10. The van der Waals surface area contributed by atoms with Crippen LogP contribution in [0.15, 0.2) is 0 Å². The van der Waals surface area contributed by atoms with Crippen molar-refractivity contribution in [2.24, 2.45) is 0 Å². The van der Waals surface area contributed by atoms with E-state index in [0.717, 1.165) is 5.06 Å². The first kappa shape index (κ1) is 10.9. The molecule has 1 aliphatic rings. The number of esters is 1. The fourth-order valence-corrected chi connectivity index (χ4v) is 1.33. The molecule has 80 valence electrons. The summed E-state index contributed by atoms with van der Waals surface area (Å²) in [6, 6.07) is 0. The van der Waals surface area contributed by atoms with Gasteiger partial charge in [-0.3, -0.25) is 9.59 Å². The molecule has 0 aromatic heterocycles. The van der Waals surface area contributed by atoms with E-state index >= 15 is 0 Å². The van der Waals surface area contributed by atoms with E-state index in [1.54, 1.807) is 0 Å². The summed E-state index contributed by atoms with van der Waals surface area (Å²) in [6.45, 7) is 2.74. The Labute approximate surface area is 81.3 Å². The van der Waals surface area contributed by atoms with Gasteiger partial charge in [0.15, 0.2) is 0 Å². The summed E-state index contributed by atoms with van der Waals surface area (Å²) >= 11 is 0. The molecule has 1 fully saturated rings. The predicted octanol–water partition coefficient (Wildman–Crippen LogP) is -0.580. The number of aliphatic hydroxyl groups is 1. The van der Waals surface area contributed by atoms with Gasteiger partial charge in [0.2, 0.25) is 0 Å². The molecule has 0 aliphatic carbocycles. The molecule has 6 heteroatoms. The van der Waals surface area contributed by atoms with Gasteiger partial charge in [-0.15, -0.1) is 5.06 Å². The Bertz CT molecular complexity index is 242. The molecule has 0 unspecified atom stereocenters. The SMILES string of the molecule is CC(=O)O[C@@H]1C[C@@H](O)N(OC(C)=O)C1. The average Bonchev–Trinajstić information content (AvgIpc) is 2.28. The van der Waals surface area contributed by atoms with Crippen LogP contribution in [0.4, 0.5) is 0 Å². The normalized spacial score (nSPS) is 27.4. The summed E-state index contributed by atoms with van der Waals surface area (Å²) < 4.78 is 4.86. The summed E-state index contributed by atoms with van der Waals surface area (Å²) in [7, 11) is 0. The summed E-state index contributed by atoms with van der Waals surface area (Å²) in [4.78, 5) is 25.9. The Morgan fingerprint density at radius 1 is 1.36 bits per heavy atom. The van der Waals surface area contributed by atoms with Crippen LogP contribution in [-0.4, -0.2) is 41.0 Å². The highest BCUT2D eigenvalue weighted by molar-refractivity contribution is 5.66. The minimum Gasteiger partial charge on any atom is -0.461 e. The number of hydrogen-bond donors (Lipinski definition) is 1. The van der Waals surface area contributed by atoms with Gasteiger partial charge in [0, 0.05) is 20.3 Å². The topological polar surface area (TPSA) is 76.1 Å². The molecule has 0 spiro atoms. The smallest absolute Gasteiger partial charge is 0.322 e. The number of nitrogens with zero attached hydrogens (tertiary/aromatic N) is 1. The molecule has 1 aliphatic heterocycles. The van der Waals surface area contributed by atoms with E-state index < -0.39 is 24.3 Å². The fourth-order valence-electron chi connectivity index (χ4n) is 1.33. The maximum Gasteiger partial charge on any atom is 0.322 e. The first-order valence-corrected chi connectivity index (χ1v) is 4.29.